The van der Waals surface area contributed by atoms with Gasteiger partial charge in [0, 0.05) is 19.2 Å². The van der Waals surface area contributed by atoms with E-state index in [1.165, 1.54) is 38.3 Å². The fourth-order valence-corrected chi connectivity index (χ4v) is 3.45. The van der Waals surface area contributed by atoms with Gasteiger partial charge in [0.2, 0.25) is 15.9 Å². The van der Waals surface area contributed by atoms with E-state index in [1.807, 2.05) is 0 Å². The van der Waals surface area contributed by atoms with Crippen molar-refractivity contribution in [3.63, 3.8) is 0 Å². The quantitative estimate of drug-likeness (QED) is 0.823. The first-order chi connectivity index (χ1) is 11.7. The number of methoxy groups -OCH3 is 1. The third-order valence-corrected chi connectivity index (χ3v) is 4.88. The molecule has 2 N–H and O–H groups in total. The van der Waals surface area contributed by atoms with Crippen LogP contribution in [0.15, 0.2) is 41.3 Å². The van der Waals surface area contributed by atoms with Crippen LogP contribution in [0.3, 0.4) is 0 Å². The number of halogens is 1. The van der Waals surface area contributed by atoms with Gasteiger partial charge in [-0.3, -0.25) is 4.79 Å². The minimum atomic E-state index is -3.90. The van der Waals surface area contributed by atoms with Crippen LogP contribution in [0.4, 0.5) is 10.1 Å². The van der Waals surface area contributed by atoms with Crippen molar-refractivity contribution in [1.29, 1.82) is 0 Å². The van der Waals surface area contributed by atoms with Crippen molar-refractivity contribution in [3.05, 3.63) is 53.3 Å². The van der Waals surface area contributed by atoms with Gasteiger partial charge in [0.15, 0.2) is 0 Å². The topological polar surface area (TPSA) is 84.5 Å². The van der Waals surface area contributed by atoms with Crippen molar-refractivity contribution >= 4 is 21.6 Å². The van der Waals surface area contributed by atoms with E-state index in [1.54, 1.807) is 19.1 Å². The van der Waals surface area contributed by atoms with Gasteiger partial charge in [0.1, 0.15) is 16.5 Å². The maximum Gasteiger partial charge on any atom is 0.244 e. The number of sulfonamides is 1. The fourth-order valence-electron chi connectivity index (χ4n) is 2.24. The van der Waals surface area contributed by atoms with Gasteiger partial charge in [0.25, 0.3) is 0 Å². The van der Waals surface area contributed by atoms with Crippen LogP contribution in [0, 0.1) is 12.7 Å². The van der Waals surface area contributed by atoms with Gasteiger partial charge in [-0.25, -0.2) is 17.5 Å². The van der Waals surface area contributed by atoms with Gasteiger partial charge in [-0.05, 0) is 42.3 Å². The Hall–Kier alpha value is -2.45. The van der Waals surface area contributed by atoms with Crippen LogP contribution >= 0.6 is 0 Å². The normalized spacial score (nSPS) is 11.2. The molecule has 0 saturated heterocycles. The average Bonchev–Trinajstić information content (AvgIpc) is 2.55. The van der Waals surface area contributed by atoms with Crippen molar-refractivity contribution in [3.8, 4) is 5.75 Å². The Morgan fingerprint density at radius 2 is 1.92 bits per heavy atom. The standard InChI is InChI=1S/C17H19FN2O4S/c1-11-8-13(4-6-15(11)18)10-19-25(22,23)17-9-14(20-12(2)21)5-7-16(17)24-3/h4-9,19H,10H2,1-3H3,(H,20,21). The molecule has 0 aliphatic rings. The molecule has 0 saturated carbocycles. The number of anilines is 1. The lowest BCUT2D eigenvalue weighted by Crippen LogP contribution is -2.24. The number of aryl methyl sites for hydroxylation is 1. The third kappa shape index (κ3) is 4.77. The van der Waals surface area contributed by atoms with E-state index in [9.17, 15) is 17.6 Å². The third-order valence-electron chi connectivity index (χ3n) is 3.46. The summed E-state index contributed by atoms with van der Waals surface area (Å²) in [4.78, 5) is 11.1. The van der Waals surface area contributed by atoms with Crippen LogP contribution in [-0.4, -0.2) is 21.4 Å². The molecule has 1 amide bonds. The van der Waals surface area contributed by atoms with Gasteiger partial charge < -0.3 is 10.1 Å². The molecule has 2 aromatic carbocycles. The van der Waals surface area contributed by atoms with Crippen molar-refractivity contribution in [2.75, 3.05) is 12.4 Å². The van der Waals surface area contributed by atoms with Gasteiger partial charge >= 0.3 is 0 Å². The Morgan fingerprint density at radius 3 is 2.52 bits per heavy atom. The molecule has 2 rings (SSSR count). The molecule has 0 spiro atoms. The number of benzene rings is 2. The number of carbonyl (C=O) groups is 1. The second-order valence-electron chi connectivity index (χ2n) is 5.45. The lowest BCUT2D eigenvalue weighted by Gasteiger charge is -2.13. The van der Waals surface area contributed by atoms with Gasteiger partial charge in [-0.1, -0.05) is 12.1 Å². The molecular formula is C17H19FN2O4S. The first kappa shape index (κ1) is 18.9. The highest BCUT2D eigenvalue weighted by molar-refractivity contribution is 7.89. The van der Waals surface area contributed by atoms with Crippen molar-refractivity contribution in [1.82, 2.24) is 4.72 Å². The maximum absolute atomic E-state index is 13.3. The van der Waals surface area contributed by atoms with Crippen LogP contribution < -0.4 is 14.8 Å². The molecule has 0 aliphatic heterocycles. The number of carbonyl (C=O) groups excluding carboxylic acids is 1. The van der Waals surface area contributed by atoms with E-state index < -0.39 is 10.0 Å². The second-order valence-corrected chi connectivity index (χ2v) is 7.19. The minimum Gasteiger partial charge on any atom is -0.495 e. The van der Waals surface area contributed by atoms with Crippen molar-refractivity contribution in [2.45, 2.75) is 25.3 Å². The van der Waals surface area contributed by atoms with E-state index >= 15 is 0 Å². The molecule has 0 heterocycles. The smallest absolute Gasteiger partial charge is 0.244 e. The van der Waals surface area contributed by atoms with Crippen LogP contribution in [-0.2, 0) is 21.4 Å². The zero-order valence-corrected chi connectivity index (χ0v) is 14.9. The highest BCUT2D eigenvalue weighted by Crippen LogP contribution is 2.27. The van der Waals surface area contributed by atoms with E-state index in [2.05, 4.69) is 10.0 Å². The van der Waals surface area contributed by atoms with Gasteiger partial charge in [0.05, 0.1) is 7.11 Å². The molecule has 134 valence electrons. The number of amides is 1. The molecule has 0 aromatic heterocycles. The van der Waals surface area contributed by atoms with E-state index in [-0.39, 0.29) is 28.9 Å². The molecule has 8 heteroatoms. The van der Waals surface area contributed by atoms with E-state index in [0.29, 0.717) is 16.8 Å². The van der Waals surface area contributed by atoms with Gasteiger partial charge in [-0.15, -0.1) is 0 Å². The molecule has 0 fully saturated rings. The first-order valence-corrected chi connectivity index (χ1v) is 8.91. The zero-order valence-electron chi connectivity index (χ0n) is 14.1. The number of hydrogen-bond acceptors (Lipinski definition) is 4. The Balaban J connectivity index is 2.28. The van der Waals surface area contributed by atoms with Crippen LogP contribution in [0.25, 0.3) is 0 Å². The summed E-state index contributed by atoms with van der Waals surface area (Å²) in [6, 6.07) is 8.69. The summed E-state index contributed by atoms with van der Waals surface area (Å²) in [7, 11) is -2.55. The van der Waals surface area contributed by atoms with Gasteiger partial charge in [-0.2, -0.15) is 0 Å². The number of rotatable bonds is 6. The van der Waals surface area contributed by atoms with Crippen LogP contribution in [0.2, 0.25) is 0 Å². The van der Waals surface area contributed by atoms with E-state index in [0.717, 1.165) is 0 Å². The summed E-state index contributed by atoms with van der Waals surface area (Å²) in [5, 5.41) is 2.53. The predicted molar refractivity (Wildman–Crippen MR) is 92.5 cm³/mol. The molecule has 0 aliphatic carbocycles. The summed E-state index contributed by atoms with van der Waals surface area (Å²) in [6.45, 7) is 2.93. The number of ether oxygens (including phenoxy) is 1. The van der Waals surface area contributed by atoms with E-state index in [4.69, 9.17) is 4.74 Å². The minimum absolute atomic E-state index is 0.00300. The van der Waals surface area contributed by atoms with Crippen LogP contribution in [0.1, 0.15) is 18.1 Å². The first-order valence-electron chi connectivity index (χ1n) is 7.43. The zero-order chi connectivity index (χ0) is 18.6. The van der Waals surface area contributed by atoms with Crippen LogP contribution in [0.5, 0.6) is 5.75 Å². The average molecular weight is 366 g/mol. The SMILES string of the molecule is COc1ccc(NC(C)=O)cc1S(=O)(=O)NCc1ccc(F)c(C)c1. The lowest BCUT2D eigenvalue weighted by atomic mass is 10.1. The molecular weight excluding hydrogens is 347 g/mol. The summed E-state index contributed by atoms with van der Waals surface area (Å²) in [5.74, 6) is -0.517. The Labute approximate surface area is 146 Å². The summed E-state index contributed by atoms with van der Waals surface area (Å²) in [6.07, 6.45) is 0. The largest absolute Gasteiger partial charge is 0.495 e. The molecule has 0 bridgehead atoms. The molecule has 6 nitrogen and oxygen atoms in total. The molecule has 0 unspecified atom stereocenters. The number of hydrogen-bond donors (Lipinski definition) is 2. The highest BCUT2D eigenvalue weighted by atomic mass is 32.2. The Bertz CT molecular complexity index is 898. The molecule has 0 radical (unpaired) electrons. The summed E-state index contributed by atoms with van der Waals surface area (Å²) >= 11 is 0. The lowest BCUT2D eigenvalue weighted by molar-refractivity contribution is -0.114. The highest BCUT2D eigenvalue weighted by Gasteiger charge is 2.20. The Kier molecular flexibility index (Phi) is 5.76. The fraction of sp³-hybridized carbons (Fsp3) is 0.235. The second kappa shape index (κ2) is 7.62. The van der Waals surface area contributed by atoms with Crippen molar-refractivity contribution < 1.29 is 22.3 Å². The maximum atomic E-state index is 13.3. The number of nitrogens with one attached hydrogen (secondary N) is 2. The molecule has 0 atom stereocenters. The summed E-state index contributed by atoms with van der Waals surface area (Å²) in [5.41, 5.74) is 1.40. The monoisotopic (exact) mass is 366 g/mol. The van der Waals surface area contributed by atoms with Crippen molar-refractivity contribution in [2.24, 2.45) is 0 Å². The molecule has 2 aromatic rings. The Morgan fingerprint density at radius 1 is 1.20 bits per heavy atom. The molecule has 25 heavy (non-hydrogen) atoms. The predicted octanol–water partition coefficient (Wildman–Crippen LogP) is 2.58. The summed E-state index contributed by atoms with van der Waals surface area (Å²) < 4.78 is 46.0.